The quantitative estimate of drug-likeness (QED) is 0.604. The van der Waals surface area contributed by atoms with Crippen LogP contribution in [0.2, 0.25) is 0 Å². The Morgan fingerprint density at radius 1 is 1.33 bits per heavy atom. The molecule has 0 fully saturated rings. The fourth-order valence-electron chi connectivity index (χ4n) is 2.69. The van der Waals surface area contributed by atoms with Gasteiger partial charge in [0, 0.05) is 6.54 Å². The number of nitrogen functional groups attached to an aromatic ring is 1. The van der Waals surface area contributed by atoms with Crippen molar-refractivity contribution in [2.24, 2.45) is 0 Å². The van der Waals surface area contributed by atoms with Gasteiger partial charge < -0.3 is 11.1 Å². The fraction of sp³-hybridized carbons (Fsp3) is 0.278. The van der Waals surface area contributed by atoms with Crippen LogP contribution in [-0.2, 0) is 12.8 Å². The Morgan fingerprint density at radius 2 is 2.11 bits per heavy atom. The molecule has 0 aliphatic heterocycles. The van der Waals surface area contributed by atoms with E-state index in [1.54, 1.807) is 4.68 Å². The Kier molecular flexibility index (Phi) is 5.78. The second-order valence-corrected chi connectivity index (χ2v) is 6.58. The summed E-state index contributed by atoms with van der Waals surface area (Å²) < 4.78 is 5.39. The number of aromatic nitrogens is 4. The maximum absolute atomic E-state index is 12.2. The normalized spacial score (nSPS) is 10.5. The molecule has 2 heterocycles. The molecule has 0 saturated carbocycles. The molecule has 0 aliphatic carbocycles. The van der Waals surface area contributed by atoms with Crippen LogP contribution in [0.25, 0.3) is 5.69 Å². The molecule has 0 atom stereocenters. The molecule has 0 saturated heterocycles. The zero-order chi connectivity index (χ0) is 19.2. The number of rotatable bonds is 7. The van der Waals surface area contributed by atoms with Crippen molar-refractivity contribution in [3.63, 3.8) is 0 Å². The van der Waals surface area contributed by atoms with Crippen LogP contribution in [0.4, 0.5) is 5.82 Å². The molecule has 0 radical (unpaired) electrons. The van der Waals surface area contributed by atoms with Gasteiger partial charge in [-0.2, -0.15) is 10.4 Å². The van der Waals surface area contributed by atoms with Gasteiger partial charge in [0.15, 0.2) is 0 Å². The number of para-hydroxylation sites is 1. The second-order valence-electron chi connectivity index (χ2n) is 5.83. The summed E-state index contributed by atoms with van der Waals surface area (Å²) in [7, 11) is 0. The van der Waals surface area contributed by atoms with Crippen LogP contribution in [0.1, 0.15) is 40.0 Å². The molecular weight excluding hydrogens is 362 g/mol. The van der Waals surface area contributed by atoms with Crippen molar-refractivity contribution in [1.29, 1.82) is 5.26 Å². The molecule has 1 amide bonds. The Labute approximate surface area is 160 Å². The molecule has 2 aromatic heterocycles. The number of carbonyl (C=O) groups is 1. The fourth-order valence-corrected chi connectivity index (χ4v) is 3.36. The van der Waals surface area contributed by atoms with Gasteiger partial charge in [0.25, 0.3) is 5.91 Å². The van der Waals surface area contributed by atoms with E-state index in [0.717, 1.165) is 17.2 Å². The summed E-state index contributed by atoms with van der Waals surface area (Å²) in [6, 6.07) is 11.6. The predicted molar refractivity (Wildman–Crippen MR) is 103 cm³/mol. The summed E-state index contributed by atoms with van der Waals surface area (Å²) in [4.78, 5) is 12.7. The van der Waals surface area contributed by atoms with E-state index in [-0.39, 0.29) is 5.91 Å². The van der Waals surface area contributed by atoms with Crippen molar-refractivity contribution in [3.8, 4) is 11.8 Å². The number of hydrogen-bond donors (Lipinski definition) is 2. The third kappa shape index (κ3) is 3.96. The van der Waals surface area contributed by atoms with Gasteiger partial charge in [-0.25, -0.2) is 4.68 Å². The lowest BCUT2D eigenvalue weighted by atomic mass is 10.1. The number of nitrogens with two attached hydrogens (primary N) is 1. The van der Waals surface area contributed by atoms with E-state index in [1.165, 1.54) is 0 Å². The number of nitrogens with zero attached hydrogens (tertiary/aromatic N) is 5. The first-order valence-corrected chi connectivity index (χ1v) is 9.35. The van der Waals surface area contributed by atoms with Gasteiger partial charge in [-0.15, -0.1) is 5.10 Å². The Morgan fingerprint density at radius 3 is 2.81 bits per heavy atom. The number of anilines is 1. The SMILES string of the molecule is CCc1nnsc1C(=O)NCCCc1nn(-c2ccccc2)c(N)c1C#N. The molecule has 0 spiro atoms. The number of nitrogens with one attached hydrogen (secondary N) is 1. The summed E-state index contributed by atoms with van der Waals surface area (Å²) in [5.41, 5.74) is 8.61. The van der Waals surface area contributed by atoms with Crippen molar-refractivity contribution in [2.75, 3.05) is 12.3 Å². The number of carbonyl (C=O) groups excluding carboxylic acids is 1. The molecule has 138 valence electrons. The average molecular weight is 381 g/mol. The number of aryl methyl sites for hydroxylation is 2. The monoisotopic (exact) mass is 381 g/mol. The minimum Gasteiger partial charge on any atom is -0.382 e. The summed E-state index contributed by atoms with van der Waals surface area (Å²) >= 11 is 1.10. The van der Waals surface area contributed by atoms with Crippen LogP contribution in [-0.4, -0.2) is 31.8 Å². The number of hydrogen-bond acceptors (Lipinski definition) is 7. The van der Waals surface area contributed by atoms with Crippen molar-refractivity contribution < 1.29 is 4.79 Å². The van der Waals surface area contributed by atoms with Crippen molar-refractivity contribution in [3.05, 3.63) is 52.2 Å². The van der Waals surface area contributed by atoms with Crippen molar-refractivity contribution >= 4 is 23.3 Å². The first-order chi connectivity index (χ1) is 13.2. The van der Waals surface area contributed by atoms with E-state index in [9.17, 15) is 10.1 Å². The maximum Gasteiger partial charge on any atom is 0.264 e. The van der Waals surface area contributed by atoms with Gasteiger partial charge in [0.2, 0.25) is 0 Å². The molecule has 8 nitrogen and oxygen atoms in total. The highest BCUT2D eigenvalue weighted by Gasteiger charge is 2.17. The highest BCUT2D eigenvalue weighted by Crippen LogP contribution is 2.21. The van der Waals surface area contributed by atoms with E-state index in [4.69, 9.17) is 5.73 Å². The lowest BCUT2D eigenvalue weighted by molar-refractivity contribution is 0.0956. The molecule has 0 bridgehead atoms. The summed E-state index contributed by atoms with van der Waals surface area (Å²) in [6.07, 6.45) is 1.84. The Hall–Kier alpha value is -3.25. The van der Waals surface area contributed by atoms with Crippen molar-refractivity contribution in [1.82, 2.24) is 24.7 Å². The lowest BCUT2D eigenvalue weighted by Gasteiger charge is -2.03. The molecule has 27 heavy (non-hydrogen) atoms. The Balaban J connectivity index is 1.63. The number of benzene rings is 1. The molecule has 0 aliphatic rings. The molecular formula is C18H19N7OS. The van der Waals surface area contributed by atoms with E-state index >= 15 is 0 Å². The van der Waals surface area contributed by atoms with E-state index < -0.39 is 0 Å². The van der Waals surface area contributed by atoms with Crippen LogP contribution < -0.4 is 11.1 Å². The van der Waals surface area contributed by atoms with E-state index in [1.807, 2.05) is 37.3 Å². The topological polar surface area (TPSA) is 123 Å². The molecule has 3 aromatic rings. The summed E-state index contributed by atoms with van der Waals surface area (Å²) in [5.74, 6) is 0.155. The maximum atomic E-state index is 12.2. The molecule has 0 unspecified atom stereocenters. The summed E-state index contributed by atoms with van der Waals surface area (Å²) in [6.45, 7) is 2.40. The van der Waals surface area contributed by atoms with Gasteiger partial charge in [0.05, 0.1) is 17.1 Å². The van der Waals surface area contributed by atoms with Gasteiger partial charge >= 0.3 is 0 Å². The number of amides is 1. The molecule has 1 aromatic carbocycles. The second kappa shape index (κ2) is 8.42. The van der Waals surface area contributed by atoms with Crippen LogP contribution in [0.3, 0.4) is 0 Å². The van der Waals surface area contributed by atoms with Gasteiger partial charge in [-0.1, -0.05) is 29.6 Å². The molecule has 3 rings (SSSR count). The minimum absolute atomic E-state index is 0.170. The number of nitriles is 1. The highest BCUT2D eigenvalue weighted by molar-refractivity contribution is 7.08. The zero-order valence-corrected chi connectivity index (χ0v) is 15.7. The van der Waals surface area contributed by atoms with E-state index in [0.29, 0.717) is 53.5 Å². The average Bonchev–Trinajstić information content (AvgIpc) is 3.30. The van der Waals surface area contributed by atoms with Gasteiger partial charge in [0.1, 0.15) is 22.3 Å². The van der Waals surface area contributed by atoms with Gasteiger partial charge in [-0.05, 0) is 42.9 Å². The van der Waals surface area contributed by atoms with Crippen LogP contribution in [0.15, 0.2) is 30.3 Å². The third-order valence-electron chi connectivity index (χ3n) is 4.08. The third-order valence-corrected chi connectivity index (χ3v) is 4.85. The highest BCUT2D eigenvalue weighted by atomic mass is 32.1. The van der Waals surface area contributed by atoms with Gasteiger partial charge in [-0.3, -0.25) is 4.79 Å². The Bertz CT molecular complexity index is 972. The molecule has 3 N–H and O–H groups in total. The standard InChI is InChI=1S/C18H19N7OS/c1-2-14-16(27-24-22-14)18(26)21-10-6-9-15-13(11-19)17(20)25(23-15)12-7-4-3-5-8-12/h3-5,7-8H,2,6,9-10,20H2,1H3,(H,21,26). The first-order valence-electron chi connectivity index (χ1n) is 8.58. The predicted octanol–water partition coefficient (Wildman–Crippen LogP) is 2.10. The van der Waals surface area contributed by atoms with Crippen LogP contribution in [0.5, 0.6) is 0 Å². The molecule has 9 heteroatoms. The summed E-state index contributed by atoms with van der Waals surface area (Å²) in [5, 5.41) is 20.7. The van der Waals surface area contributed by atoms with E-state index in [2.05, 4.69) is 26.1 Å². The zero-order valence-electron chi connectivity index (χ0n) is 14.8. The van der Waals surface area contributed by atoms with Crippen molar-refractivity contribution in [2.45, 2.75) is 26.2 Å². The van der Waals surface area contributed by atoms with Crippen LogP contribution in [0, 0.1) is 11.3 Å². The largest absolute Gasteiger partial charge is 0.382 e. The smallest absolute Gasteiger partial charge is 0.264 e. The minimum atomic E-state index is -0.170. The lowest BCUT2D eigenvalue weighted by Crippen LogP contribution is -2.25. The first kappa shape index (κ1) is 18.5. The van der Waals surface area contributed by atoms with Crippen LogP contribution >= 0.6 is 11.5 Å².